The molecule has 9 heteroatoms. The number of para-hydroxylation sites is 1. The van der Waals surface area contributed by atoms with Gasteiger partial charge >= 0.3 is 0 Å². The summed E-state index contributed by atoms with van der Waals surface area (Å²) in [5.41, 5.74) is 1.73. The molecule has 1 N–H and O–H groups in total. The van der Waals surface area contributed by atoms with Crippen LogP contribution in [0, 0.1) is 0 Å². The Morgan fingerprint density at radius 2 is 2.07 bits per heavy atom. The molecule has 0 aliphatic carbocycles. The van der Waals surface area contributed by atoms with Crippen LogP contribution in [-0.2, 0) is 0 Å². The summed E-state index contributed by atoms with van der Waals surface area (Å²) >= 11 is 7.23. The van der Waals surface area contributed by atoms with Gasteiger partial charge in [0.1, 0.15) is 17.1 Å². The minimum Gasteiger partial charge on any atom is -0.493 e. The van der Waals surface area contributed by atoms with E-state index in [-0.39, 0.29) is 11.6 Å². The number of nitrogens with one attached hydrogen (secondary N) is 1. The van der Waals surface area contributed by atoms with Crippen LogP contribution in [0.25, 0.3) is 16.2 Å². The molecule has 0 unspecified atom stereocenters. The molecule has 0 aliphatic rings. The first-order chi connectivity index (χ1) is 13.1. The monoisotopic (exact) mass is 399 g/mol. The molecule has 4 rings (SSSR count). The van der Waals surface area contributed by atoms with Gasteiger partial charge in [-0.3, -0.25) is 10.1 Å². The van der Waals surface area contributed by atoms with Crippen LogP contribution in [0.4, 0.5) is 5.13 Å². The lowest BCUT2D eigenvalue weighted by molar-refractivity contribution is 0.102. The topological polar surface area (TPSA) is 81.4 Å². The highest BCUT2D eigenvalue weighted by atomic mass is 35.5. The Kier molecular flexibility index (Phi) is 4.74. The average Bonchev–Trinajstić information content (AvgIpc) is 3.29. The zero-order chi connectivity index (χ0) is 18.8. The highest BCUT2D eigenvalue weighted by Gasteiger charge is 2.16. The van der Waals surface area contributed by atoms with E-state index in [0.29, 0.717) is 27.4 Å². The van der Waals surface area contributed by atoms with E-state index in [2.05, 4.69) is 20.5 Å². The molecule has 0 bridgehead atoms. The van der Waals surface area contributed by atoms with Crippen LogP contribution in [0.3, 0.4) is 0 Å². The summed E-state index contributed by atoms with van der Waals surface area (Å²) in [6.07, 6.45) is 3.30. The Labute approximate surface area is 163 Å². The van der Waals surface area contributed by atoms with E-state index in [1.165, 1.54) is 11.3 Å². The van der Waals surface area contributed by atoms with Crippen LogP contribution < -0.4 is 10.1 Å². The van der Waals surface area contributed by atoms with Gasteiger partial charge in [0.2, 0.25) is 5.13 Å². The van der Waals surface area contributed by atoms with Crippen LogP contribution in [0.1, 0.15) is 17.4 Å². The molecule has 1 aromatic carbocycles. The van der Waals surface area contributed by atoms with E-state index in [0.717, 1.165) is 11.3 Å². The first-order valence-corrected chi connectivity index (χ1v) is 9.35. The molecule has 0 fully saturated rings. The second kappa shape index (κ2) is 7.34. The number of aromatic nitrogens is 4. The van der Waals surface area contributed by atoms with E-state index in [9.17, 15) is 4.79 Å². The number of halogens is 1. The highest BCUT2D eigenvalue weighted by molar-refractivity contribution is 7.18. The Morgan fingerprint density at radius 3 is 2.93 bits per heavy atom. The predicted octanol–water partition coefficient (Wildman–Crippen LogP) is 4.16. The zero-order valence-electron chi connectivity index (χ0n) is 14.2. The minimum atomic E-state index is -0.365. The van der Waals surface area contributed by atoms with Gasteiger partial charge in [-0.2, -0.15) is 0 Å². The Bertz CT molecular complexity index is 1120. The molecule has 27 heavy (non-hydrogen) atoms. The minimum absolute atomic E-state index is 0.267. The number of nitrogens with zero attached hydrogens (tertiary/aromatic N) is 4. The third kappa shape index (κ3) is 3.62. The van der Waals surface area contributed by atoms with E-state index in [1.54, 1.807) is 28.9 Å². The number of hydrogen-bond donors (Lipinski definition) is 1. The molecule has 3 heterocycles. The van der Waals surface area contributed by atoms with Crippen molar-refractivity contribution in [2.75, 3.05) is 11.9 Å². The normalized spacial score (nSPS) is 10.9. The lowest BCUT2D eigenvalue weighted by Crippen LogP contribution is -2.12. The van der Waals surface area contributed by atoms with E-state index >= 15 is 0 Å². The maximum absolute atomic E-state index is 12.5. The van der Waals surface area contributed by atoms with Gasteiger partial charge in [0.15, 0.2) is 5.01 Å². The Balaban J connectivity index is 1.56. The second-order valence-electron chi connectivity index (χ2n) is 5.53. The van der Waals surface area contributed by atoms with Gasteiger partial charge in [-0.15, -0.1) is 10.2 Å². The third-order valence-corrected chi connectivity index (χ3v) is 4.81. The van der Waals surface area contributed by atoms with Gasteiger partial charge < -0.3 is 9.14 Å². The summed E-state index contributed by atoms with van der Waals surface area (Å²) in [6.45, 7) is 2.47. The second-order valence-corrected chi connectivity index (χ2v) is 6.95. The maximum atomic E-state index is 12.5. The SMILES string of the molecule is CCOc1ccccc1-c1nnc(NC(=O)c2cn3cc(Cl)ccc3n2)s1. The standard InChI is InChI=1S/C18H14ClN5O2S/c1-2-26-14-6-4-3-5-12(14)17-22-23-18(27-17)21-16(25)13-10-24-9-11(19)7-8-15(24)20-13/h3-10H,2H2,1H3,(H,21,23,25). The smallest absolute Gasteiger partial charge is 0.277 e. The number of rotatable bonds is 5. The molecular formula is C18H14ClN5O2S. The fourth-order valence-corrected chi connectivity index (χ4v) is 3.48. The molecular weight excluding hydrogens is 386 g/mol. The summed E-state index contributed by atoms with van der Waals surface area (Å²) in [6, 6.07) is 11.0. The van der Waals surface area contributed by atoms with Crippen molar-refractivity contribution in [3.63, 3.8) is 0 Å². The number of benzene rings is 1. The molecule has 7 nitrogen and oxygen atoms in total. The molecule has 0 atom stereocenters. The molecule has 0 radical (unpaired) electrons. The number of anilines is 1. The van der Waals surface area contributed by atoms with Crippen molar-refractivity contribution >= 4 is 39.6 Å². The van der Waals surface area contributed by atoms with Gasteiger partial charge in [-0.1, -0.05) is 35.1 Å². The number of hydrogen-bond acceptors (Lipinski definition) is 6. The van der Waals surface area contributed by atoms with Gasteiger partial charge in [-0.05, 0) is 31.2 Å². The van der Waals surface area contributed by atoms with Crippen LogP contribution in [-0.4, -0.2) is 32.1 Å². The van der Waals surface area contributed by atoms with Crippen molar-refractivity contribution < 1.29 is 9.53 Å². The number of carbonyl (C=O) groups is 1. The Hall–Kier alpha value is -2.97. The summed E-state index contributed by atoms with van der Waals surface area (Å²) in [4.78, 5) is 16.8. The molecule has 0 saturated carbocycles. The number of carbonyl (C=O) groups excluding carboxylic acids is 1. The predicted molar refractivity (Wildman–Crippen MR) is 105 cm³/mol. The van der Waals surface area contributed by atoms with Gasteiger partial charge in [0, 0.05) is 12.4 Å². The van der Waals surface area contributed by atoms with Crippen LogP contribution in [0.2, 0.25) is 5.02 Å². The van der Waals surface area contributed by atoms with Crippen molar-refractivity contribution in [1.29, 1.82) is 0 Å². The number of ether oxygens (including phenoxy) is 1. The number of imidazole rings is 1. The van der Waals surface area contributed by atoms with Crippen molar-refractivity contribution in [1.82, 2.24) is 19.6 Å². The first-order valence-electron chi connectivity index (χ1n) is 8.15. The van der Waals surface area contributed by atoms with Crippen molar-refractivity contribution in [3.05, 3.63) is 59.5 Å². The summed E-state index contributed by atoms with van der Waals surface area (Å²) in [5, 5.41) is 12.6. The Morgan fingerprint density at radius 1 is 1.22 bits per heavy atom. The fourth-order valence-electron chi connectivity index (χ4n) is 2.54. The van der Waals surface area contributed by atoms with Gasteiger partial charge in [-0.25, -0.2) is 4.98 Å². The molecule has 1 amide bonds. The summed E-state index contributed by atoms with van der Waals surface area (Å²) < 4.78 is 7.32. The third-order valence-electron chi connectivity index (χ3n) is 3.71. The van der Waals surface area contributed by atoms with E-state index in [4.69, 9.17) is 16.3 Å². The van der Waals surface area contributed by atoms with Crippen LogP contribution in [0.15, 0.2) is 48.8 Å². The molecule has 0 aliphatic heterocycles. The number of fused-ring (bicyclic) bond motifs is 1. The fraction of sp³-hybridized carbons (Fsp3) is 0.111. The molecule has 4 aromatic rings. The van der Waals surface area contributed by atoms with E-state index in [1.807, 2.05) is 31.2 Å². The molecule has 0 spiro atoms. The zero-order valence-corrected chi connectivity index (χ0v) is 15.8. The lowest BCUT2D eigenvalue weighted by atomic mass is 10.2. The van der Waals surface area contributed by atoms with Gasteiger partial charge in [0.25, 0.3) is 5.91 Å². The van der Waals surface area contributed by atoms with Crippen LogP contribution in [0.5, 0.6) is 5.75 Å². The van der Waals surface area contributed by atoms with Crippen molar-refractivity contribution in [3.8, 4) is 16.3 Å². The summed E-state index contributed by atoms with van der Waals surface area (Å²) in [7, 11) is 0. The lowest BCUT2D eigenvalue weighted by Gasteiger charge is -2.06. The molecule has 3 aromatic heterocycles. The average molecular weight is 400 g/mol. The van der Waals surface area contributed by atoms with Crippen molar-refractivity contribution in [2.24, 2.45) is 0 Å². The largest absolute Gasteiger partial charge is 0.493 e. The van der Waals surface area contributed by atoms with E-state index < -0.39 is 0 Å². The maximum Gasteiger partial charge on any atom is 0.277 e. The summed E-state index contributed by atoms with van der Waals surface area (Å²) in [5.74, 6) is 0.363. The molecule has 136 valence electrons. The molecule has 0 saturated heterocycles. The number of amides is 1. The first kappa shape index (κ1) is 17.4. The highest BCUT2D eigenvalue weighted by Crippen LogP contribution is 2.33. The van der Waals surface area contributed by atoms with Crippen LogP contribution >= 0.6 is 22.9 Å². The van der Waals surface area contributed by atoms with Gasteiger partial charge in [0.05, 0.1) is 17.2 Å². The quantitative estimate of drug-likeness (QED) is 0.545. The number of pyridine rings is 1. The van der Waals surface area contributed by atoms with Crippen molar-refractivity contribution in [2.45, 2.75) is 6.92 Å².